The summed E-state index contributed by atoms with van der Waals surface area (Å²) in [5.41, 5.74) is 1.11. The molecular formula is C14H16N2O3S. The molecule has 2 rings (SSSR count). The summed E-state index contributed by atoms with van der Waals surface area (Å²) in [4.78, 5) is 12.8. The number of aromatic carboxylic acids is 1. The average Bonchev–Trinajstić information content (AvgIpc) is 2.28. The number of carboxylic acids is 1. The molecule has 0 unspecified atom stereocenters. The Hall–Kier alpha value is -2.08. The van der Waals surface area contributed by atoms with Crippen LogP contribution in [0.4, 0.5) is 5.69 Å². The van der Waals surface area contributed by atoms with Crippen molar-refractivity contribution in [2.75, 3.05) is 4.90 Å². The second kappa shape index (κ2) is 4.79. The lowest BCUT2D eigenvalue weighted by Gasteiger charge is -2.38. The average molecular weight is 292 g/mol. The first-order chi connectivity index (χ1) is 9.21. The highest BCUT2D eigenvalue weighted by atomic mass is 32.1. The van der Waals surface area contributed by atoms with Crippen molar-refractivity contribution in [3.63, 3.8) is 0 Å². The molecule has 20 heavy (non-hydrogen) atoms. The van der Waals surface area contributed by atoms with Crippen LogP contribution in [0.15, 0.2) is 30.0 Å². The molecule has 1 aliphatic rings. The van der Waals surface area contributed by atoms with E-state index in [0.29, 0.717) is 10.8 Å². The molecule has 0 spiro atoms. The Bertz CT molecular complexity index is 623. The largest absolute Gasteiger partial charge is 0.507 e. The fourth-order valence-electron chi connectivity index (χ4n) is 2.27. The minimum Gasteiger partial charge on any atom is -0.507 e. The van der Waals surface area contributed by atoms with Gasteiger partial charge in [-0.3, -0.25) is 4.90 Å². The maximum atomic E-state index is 11.1. The topological polar surface area (TPSA) is 72.8 Å². The molecule has 1 aromatic carbocycles. The second-order valence-corrected chi connectivity index (χ2v) is 5.67. The van der Waals surface area contributed by atoms with E-state index < -0.39 is 5.97 Å². The highest BCUT2D eigenvalue weighted by Gasteiger charge is 2.28. The molecule has 106 valence electrons. The van der Waals surface area contributed by atoms with Crippen LogP contribution in [0.25, 0.3) is 0 Å². The molecular weight excluding hydrogens is 276 g/mol. The van der Waals surface area contributed by atoms with E-state index in [-0.39, 0.29) is 16.9 Å². The van der Waals surface area contributed by atoms with Crippen LogP contribution in [0, 0.1) is 0 Å². The minimum absolute atomic E-state index is 0.150. The van der Waals surface area contributed by atoms with Crippen LogP contribution in [0.5, 0.6) is 5.75 Å². The summed E-state index contributed by atoms with van der Waals surface area (Å²) in [5.74, 6) is -1.44. The second-order valence-electron chi connectivity index (χ2n) is 5.28. The van der Waals surface area contributed by atoms with Crippen LogP contribution in [0.2, 0.25) is 0 Å². The Kier molecular flexibility index (Phi) is 3.43. The van der Waals surface area contributed by atoms with Gasteiger partial charge in [-0.05, 0) is 57.3 Å². The molecule has 0 aliphatic carbocycles. The van der Waals surface area contributed by atoms with Crippen molar-refractivity contribution in [2.45, 2.75) is 26.3 Å². The molecule has 1 aliphatic heterocycles. The van der Waals surface area contributed by atoms with E-state index in [1.165, 1.54) is 12.1 Å². The van der Waals surface area contributed by atoms with E-state index in [1.807, 2.05) is 26.8 Å². The van der Waals surface area contributed by atoms with Crippen molar-refractivity contribution >= 4 is 29.0 Å². The van der Waals surface area contributed by atoms with Gasteiger partial charge in [0.1, 0.15) is 11.3 Å². The third kappa shape index (κ3) is 2.60. The number of hydrogen-bond acceptors (Lipinski definition) is 3. The predicted octanol–water partition coefficient (Wildman–Crippen LogP) is 2.47. The number of aromatic hydroxyl groups is 1. The lowest BCUT2D eigenvalue weighted by Crippen LogP contribution is -2.53. The number of carboxylic acid groups (broad SMARTS) is 1. The van der Waals surface area contributed by atoms with Crippen molar-refractivity contribution in [3.8, 4) is 5.75 Å². The lowest BCUT2D eigenvalue weighted by molar-refractivity contribution is 0.0694. The number of nitrogens with zero attached hydrogens (tertiary/aromatic N) is 1. The van der Waals surface area contributed by atoms with E-state index >= 15 is 0 Å². The number of carbonyl (C=O) groups is 1. The molecule has 0 fully saturated rings. The first-order valence-corrected chi connectivity index (χ1v) is 6.50. The summed E-state index contributed by atoms with van der Waals surface area (Å²) in [7, 11) is 0. The molecule has 1 heterocycles. The number of benzene rings is 1. The summed E-state index contributed by atoms with van der Waals surface area (Å²) < 4.78 is 0. The van der Waals surface area contributed by atoms with Crippen molar-refractivity contribution < 1.29 is 15.0 Å². The number of rotatable bonds is 2. The molecule has 6 heteroatoms. The Morgan fingerprint density at radius 2 is 2.05 bits per heavy atom. The third-order valence-electron chi connectivity index (χ3n) is 3.02. The molecule has 0 aromatic heterocycles. The van der Waals surface area contributed by atoms with Gasteiger partial charge in [0, 0.05) is 11.4 Å². The Labute approximate surface area is 122 Å². The van der Waals surface area contributed by atoms with E-state index in [9.17, 15) is 9.90 Å². The summed E-state index contributed by atoms with van der Waals surface area (Å²) in [6.07, 6.45) is 2.01. The summed E-state index contributed by atoms with van der Waals surface area (Å²) in [6, 6.07) is 4.39. The van der Waals surface area contributed by atoms with E-state index in [2.05, 4.69) is 5.32 Å². The fourth-order valence-corrected chi connectivity index (χ4v) is 2.78. The molecule has 5 nitrogen and oxygen atoms in total. The SMILES string of the molecule is CC1=CC(C)(C)NC(=S)N1c1ccc(O)c(C(=O)O)c1. The quantitative estimate of drug-likeness (QED) is 0.727. The van der Waals surface area contributed by atoms with Crippen molar-refractivity contribution in [3.05, 3.63) is 35.5 Å². The van der Waals surface area contributed by atoms with Gasteiger partial charge in [-0.25, -0.2) is 4.79 Å². The zero-order valence-corrected chi connectivity index (χ0v) is 12.3. The summed E-state index contributed by atoms with van der Waals surface area (Å²) >= 11 is 5.34. The van der Waals surface area contributed by atoms with E-state index in [1.54, 1.807) is 11.0 Å². The zero-order valence-electron chi connectivity index (χ0n) is 11.5. The van der Waals surface area contributed by atoms with E-state index in [4.69, 9.17) is 17.3 Å². The van der Waals surface area contributed by atoms with Gasteiger partial charge < -0.3 is 15.5 Å². The van der Waals surface area contributed by atoms with Crippen LogP contribution in [-0.4, -0.2) is 26.8 Å². The standard InChI is InChI=1S/C14H16N2O3S/c1-8-7-14(2,3)15-13(20)16(8)9-4-5-11(17)10(6-9)12(18)19/h4-7,17H,1-3H3,(H,15,20)(H,18,19). The van der Waals surface area contributed by atoms with Gasteiger partial charge in [0.05, 0.1) is 5.54 Å². The van der Waals surface area contributed by atoms with Gasteiger partial charge in [-0.1, -0.05) is 0 Å². The molecule has 0 saturated heterocycles. The minimum atomic E-state index is -1.18. The Morgan fingerprint density at radius 3 is 2.60 bits per heavy atom. The van der Waals surface area contributed by atoms with Gasteiger partial charge in [0.15, 0.2) is 5.11 Å². The summed E-state index contributed by atoms with van der Waals surface area (Å²) in [6.45, 7) is 5.90. The number of nitrogens with one attached hydrogen (secondary N) is 1. The fraction of sp³-hybridized carbons (Fsp3) is 0.286. The highest BCUT2D eigenvalue weighted by molar-refractivity contribution is 7.80. The first-order valence-electron chi connectivity index (χ1n) is 6.09. The molecule has 0 amide bonds. The third-order valence-corrected chi connectivity index (χ3v) is 3.31. The molecule has 0 atom stereocenters. The number of thiocarbonyl (C=S) groups is 1. The van der Waals surface area contributed by atoms with Crippen LogP contribution in [-0.2, 0) is 0 Å². The summed E-state index contributed by atoms with van der Waals surface area (Å²) in [5, 5.41) is 22.3. The van der Waals surface area contributed by atoms with Crippen LogP contribution >= 0.6 is 12.2 Å². The molecule has 3 N–H and O–H groups in total. The van der Waals surface area contributed by atoms with Crippen molar-refractivity contribution in [1.29, 1.82) is 0 Å². The van der Waals surface area contributed by atoms with Gasteiger partial charge >= 0.3 is 5.97 Å². The van der Waals surface area contributed by atoms with Gasteiger partial charge in [-0.15, -0.1) is 0 Å². The van der Waals surface area contributed by atoms with Gasteiger partial charge in [-0.2, -0.15) is 0 Å². The zero-order chi connectivity index (χ0) is 15.1. The predicted molar refractivity (Wildman–Crippen MR) is 81.1 cm³/mol. The normalized spacial score (nSPS) is 17.4. The smallest absolute Gasteiger partial charge is 0.339 e. The monoisotopic (exact) mass is 292 g/mol. The lowest BCUT2D eigenvalue weighted by atomic mass is 10.0. The number of phenols is 1. The Balaban J connectivity index is 2.49. The molecule has 0 bridgehead atoms. The maximum absolute atomic E-state index is 11.1. The number of anilines is 1. The van der Waals surface area contributed by atoms with Crippen LogP contribution in [0.3, 0.4) is 0 Å². The van der Waals surface area contributed by atoms with Crippen molar-refractivity contribution in [1.82, 2.24) is 5.32 Å². The van der Waals surface area contributed by atoms with E-state index in [0.717, 1.165) is 5.70 Å². The number of hydrogen-bond donors (Lipinski definition) is 3. The van der Waals surface area contributed by atoms with Crippen LogP contribution < -0.4 is 10.2 Å². The highest BCUT2D eigenvalue weighted by Crippen LogP contribution is 2.29. The van der Waals surface area contributed by atoms with Crippen molar-refractivity contribution in [2.24, 2.45) is 0 Å². The van der Waals surface area contributed by atoms with Crippen LogP contribution in [0.1, 0.15) is 31.1 Å². The first kappa shape index (κ1) is 14.3. The molecule has 1 aromatic rings. The Morgan fingerprint density at radius 1 is 1.40 bits per heavy atom. The maximum Gasteiger partial charge on any atom is 0.339 e. The molecule has 0 saturated carbocycles. The molecule has 0 radical (unpaired) electrons. The van der Waals surface area contributed by atoms with Gasteiger partial charge in [0.2, 0.25) is 0 Å². The van der Waals surface area contributed by atoms with Gasteiger partial charge in [0.25, 0.3) is 0 Å². The number of allylic oxidation sites excluding steroid dienone is 1.